The fourth-order valence-corrected chi connectivity index (χ4v) is 33.5. The number of hydrogen-bond donors (Lipinski definition) is 0. The van der Waals surface area contributed by atoms with Crippen LogP contribution in [0, 0.1) is 0 Å². The van der Waals surface area contributed by atoms with E-state index in [2.05, 4.69) is 184 Å². The Kier molecular flexibility index (Phi) is 14.2. The fraction of sp³-hybridized carbons (Fsp3) is 0.500. The van der Waals surface area contributed by atoms with Gasteiger partial charge in [0.25, 0.3) is 0 Å². The minimum atomic E-state index is -3.31. The summed E-state index contributed by atoms with van der Waals surface area (Å²) in [7, 11) is 3.53. The Morgan fingerprint density at radius 1 is 0.286 bits per heavy atom. The second-order valence-electron chi connectivity index (χ2n) is 17.9. The lowest BCUT2D eigenvalue weighted by atomic mass is 9.94. The molecular formula is C48H68O4S2Si2. The van der Waals surface area contributed by atoms with E-state index in [9.17, 15) is 0 Å². The normalized spacial score (nSPS) is 15.1. The summed E-state index contributed by atoms with van der Waals surface area (Å²) >= 11 is 0. The van der Waals surface area contributed by atoms with Gasteiger partial charge in [0.1, 0.15) is 23.0 Å². The maximum atomic E-state index is 7.66. The van der Waals surface area contributed by atoms with E-state index in [1.54, 1.807) is 21.3 Å². The predicted octanol–water partition coefficient (Wildman–Crippen LogP) is 15.6. The quantitative estimate of drug-likeness (QED) is 0.105. The molecule has 4 aromatic rings. The summed E-state index contributed by atoms with van der Waals surface area (Å²) in [6.07, 6.45) is 0. The molecule has 8 heteroatoms. The fourth-order valence-electron chi connectivity index (χ4n) is 7.42. The van der Waals surface area contributed by atoms with Crippen LogP contribution in [0.25, 0.3) is 0 Å². The Bertz CT molecular complexity index is 1580. The van der Waals surface area contributed by atoms with Crippen LogP contribution in [0.5, 0.6) is 23.0 Å². The van der Waals surface area contributed by atoms with Crippen molar-refractivity contribution in [1.29, 1.82) is 0 Å². The van der Waals surface area contributed by atoms with Gasteiger partial charge >= 0.3 is 13.7 Å². The molecule has 0 unspecified atom stereocenters. The zero-order valence-electron chi connectivity index (χ0n) is 37.0. The molecular weight excluding hydrogens is 761 g/mol. The van der Waals surface area contributed by atoms with Crippen LogP contribution in [0.15, 0.2) is 72.8 Å². The summed E-state index contributed by atoms with van der Waals surface area (Å²) in [5, 5.41) is 0. The molecule has 0 bridgehead atoms. The van der Waals surface area contributed by atoms with Crippen LogP contribution >= 0.6 is 21.3 Å². The standard InChI is InChI=1S/C48H68O4S2Si2/c1-29(2)37-21-17-22-38(30(3)4)45(37)49-55(50-46-39(31(5)6)23-18-24-40(46)32(7)8)53-56(54-55,51-47-41(33(9)10)25-19-26-42(47)34(11)12)52-48-43(35(13)14)27-20-28-44(48)36(15)16/h17-36H,1-16H3. The van der Waals surface area contributed by atoms with Crippen LogP contribution in [0.4, 0.5) is 0 Å². The van der Waals surface area contributed by atoms with Crippen molar-refractivity contribution in [2.24, 2.45) is 0 Å². The Morgan fingerprint density at radius 3 is 0.554 bits per heavy atom. The lowest BCUT2D eigenvalue weighted by Crippen LogP contribution is -2.66. The predicted molar refractivity (Wildman–Crippen MR) is 248 cm³/mol. The van der Waals surface area contributed by atoms with Crippen molar-refractivity contribution in [2.45, 2.75) is 158 Å². The van der Waals surface area contributed by atoms with E-state index in [1.165, 1.54) is 44.5 Å². The first-order valence-corrected chi connectivity index (χ1v) is 29.1. The van der Waals surface area contributed by atoms with Gasteiger partial charge in [0.15, 0.2) is 0 Å². The SMILES string of the molecule is CC(C)c1cccc(C(C)C)c1O[Si]1(Oc2c(C(C)C)cccc2C(C)C)S[Si](Oc2c(C(C)C)cccc2C(C)C)(Oc2c(C(C)C)cccc2C(C)C)S1. The first-order valence-electron chi connectivity index (χ1n) is 21.0. The summed E-state index contributed by atoms with van der Waals surface area (Å²) in [5.74, 6) is 5.98. The molecule has 4 aromatic carbocycles. The van der Waals surface area contributed by atoms with Gasteiger partial charge in [-0.05, 0) is 113 Å². The van der Waals surface area contributed by atoms with Crippen LogP contribution < -0.4 is 17.7 Å². The maximum Gasteiger partial charge on any atom is 0.604 e. The van der Waals surface area contributed by atoms with Crippen LogP contribution in [-0.2, 0) is 0 Å². The third kappa shape index (κ3) is 9.40. The molecule has 1 saturated heterocycles. The highest BCUT2D eigenvalue weighted by Gasteiger charge is 2.78. The molecule has 0 radical (unpaired) electrons. The van der Waals surface area contributed by atoms with Gasteiger partial charge in [-0.3, -0.25) is 0 Å². The Labute approximate surface area is 349 Å². The van der Waals surface area contributed by atoms with Crippen molar-refractivity contribution in [3.63, 3.8) is 0 Å². The largest absolute Gasteiger partial charge is 0.604 e. The molecule has 5 rings (SSSR count). The number of para-hydroxylation sites is 4. The van der Waals surface area contributed by atoms with Gasteiger partial charge in [-0.2, -0.15) is 0 Å². The molecule has 0 aliphatic carbocycles. The highest BCUT2D eigenvalue weighted by atomic mass is 32.9. The molecule has 0 spiro atoms. The first-order chi connectivity index (χ1) is 26.3. The maximum absolute atomic E-state index is 7.66. The topological polar surface area (TPSA) is 36.9 Å². The zero-order valence-corrected chi connectivity index (χ0v) is 40.6. The third-order valence-electron chi connectivity index (χ3n) is 10.7. The minimum absolute atomic E-state index is 0.270. The average Bonchev–Trinajstić information content (AvgIpc) is 3.10. The molecule has 1 fully saturated rings. The van der Waals surface area contributed by atoms with E-state index in [0.717, 1.165) is 23.0 Å². The molecule has 304 valence electrons. The molecule has 56 heavy (non-hydrogen) atoms. The minimum Gasteiger partial charge on any atom is -0.497 e. The van der Waals surface area contributed by atoms with Crippen LogP contribution in [0.1, 0.15) is 203 Å². The Hall–Kier alpha value is -2.79. The van der Waals surface area contributed by atoms with Crippen molar-refractivity contribution in [3.8, 4) is 23.0 Å². The summed E-state index contributed by atoms with van der Waals surface area (Å²) in [6.45, 7) is 29.5. The Morgan fingerprint density at radius 2 is 0.429 bits per heavy atom. The summed E-state index contributed by atoms with van der Waals surface area (Å²) in [5.41, 5.74) is 9.63. The second kappa shape index (κ2) is 18.0. The number of benzene rings is 4. The van der Waals surface area contributed by atoms with E-state index in [1.807, 2.05) is 0 Å². The van der Waals surface area contributed by atoms with Crippen molar-refractivity contribution >= 4 is 35.0 Å². The van der Waals surface area contributed by atoms with Crippen molar-refractivity contribution in [2.75, 3.05) is 0 Å². The highest BCUT2D eigenvalue weighted by Crippen LogP contribution is 2.62. The van der Waals surface area contributed by atoms with E-state index < -0.39 is 13.7 Å². The monoisotopic (exact) mass is 828 g/mol. The van der Waals surface area contributed by atoms with E-state index in [-0.39, 0.29) is 47.3 Å². The number of hydrogen-bond acceptors (Lipinski definition) is 6. The lowest BCUT2D eigenvalue weighted by molar-refractivity contribution is 0.408. The van der Waals surface area contributed by atoms with Gasteiger partial charge in [0.05, 0.1) is 0 Å². The zero-order chi connectivity index (χ0) is 41.3. The van der Waals surface area contributed by atoms with Crippen molar-refractivity contribution < 1.29 is 17.7 Å². The molecule has 1 heterocycles. The summed E-state index contributed by atoms with van der Waals surface area (Å²) < 4.78 is 30.6. The molecule has 0 saturated carbocycles. The number of rotatable bonds is 16. The summed E-state index contributed by atoms with van der Waals surface area (Å²) in [6, 6.07) is 26.5. The van der Waals surface area contributed by atoms with Gasteiger partial charge in [0, 0.05) is 0 Å². The molecule has 4 nitrogen and oxygen atoms in total. The Balaban J connectivity index is 1.80. The molecule has 1 aliphatic rings. The third-order valence-corrected chi connectivity index (χ3v) is 36.5. The van der Waals surface area contributed by atoms with Crippen molar-refractivity contribution in [1.82, 2.24) is 0 Å². The van der Waals surface area contributed by atoms with Crippen LogP contribution in [0.2, 0.25) is 0 Å². The van der Waals surface area contributed by atoms with Crippen LogP contribution in [-0.4, -0.2) is 13.7 Å². The van der Waals surface area contributed by atoms with Gasteiger partial charge < -0.3 is 17.7 Å². The lowest BCUT2D eigenvalue weighted by Gasteiger charge is -2.47. The van der Waals surface area contributed by atoms with E-state index >= 15 is 0 Å². The van der Waals surface area contributed by atoms with Gasteiger partial charge in [0.2, 0.25) is 0 Å². The van der Waals surface area contributed by atoms with Gasteiger partial charge in [-0.15, -0.1) is 0 Å². The molecule has 0 N–H and O–H groups in total. The van der Waals surface area contributed by atoms with Crippen LogP contribution in [0.3, 0.4) is 0 Å². The van der Waals surface area contributed by atoms with Gasteiger partial charge in [-0.25, -0.2) is 0 Å². The molecule has 0 amide bonds. The molecule has 0 aromatic heterocycles. The first kappa shape index (κ1) is 44.3. The van der Waals surface area contributed by atoms with Crippen molar-refractivity contribution in [3.05, 3.63) is 117 Å². The van der Waals surface area contributed by atoms with E-state index in [0.29, 0.717) is 0 Å². The molecule has 0 atom stereocenters. The van der Waals surface area contributed by atoms with Gasteiger partial charge in [-0.1, -0.05) is 184 Å². The average molecular weight is 829 g/mol. The van der Waals surface area contributed by atoms with E-state index in [4.69, 9.17) is 17.7 Å². The highest BCUT2D eigenvalue weighted by molar-refractivity contribution is 8.96. The second-order valence-corrected chi connectivity index (χ2v) is 34.0. The smallest absolute Gasteiger partial charge is 0.497 e. The summed E-state index contributed by atoms with van der Waals surface area (Å²) in [4.78, 5) is 0. The molecule has 1 aliphatic heterocycles.